The number of rotatable bonds is 1. The van der Waals surface area contributed by atoms with Gasteiger partial charge < -0.3 is 0 Å². The van der Waals surface area contributed by atoms with Gasteiger partial charge in [-0.1, -0.05) is 0 Å². The van der Waals surface area contributed by atoms with Gasteiger partial charge in [0.05, 0.1) is 0 Å². The van der Waals surface area contributed by atoms with Gasteiger partial charge in [0, 0.05) is 17.4 Å². The molecule has 0 amide bonds. The molecule has 2 heteroatoms. The third-order valence-electron chi connectivity index (χ3n) is 1.23. The number of nitrogens with one attached hydrogen (secondary N) is 1. The quantitative estimate of drug-likeness (QED) is 0.568. The second-order valence-corrected chi connectivity index (χ2v) is 2.78. The molecule has 1 unspecified atom stereocenters. The van der Waals surface area contributed by atoms with Crippen LogP contribution in [0.1, 0.15) is 17.7 Å². The number of thiol groups is 1. The highest BCUT2D eigenvalue weighted by molar-refractivity contribution is 7.80. The summed E-state index contributed by atoms with van der Waals surface area (Å²) >= 11 is 4.27. The lowest BCUT2D eigenvalue weighted by molar-refractivity contribution is -0.378. The molecule has 1 heterocycles. The molecule has 1 aromatic heterocycles. The van der Waals surface area contributed by atoms with Gasteiger partial charge >= 0.3 is 0 Å². The van der Waals surface area contributed by atoms with Crippen molar-refractivity contribution in [1.82, 2.24) is 0 Å². The van der Waals surface area contributed by atoms with E-state index in [1.54, 1.807) is 0 Å². The Labute approximate surface area is 60.5 Å². The minimum absolute atomic E-state index is 0.333. The minimum atomic E-state index is 0.333. The number of aromatic nitrogens is 1. The second kappa shape index (κ2) is 2.87. The maximum Gasteiger partial charge on any atom is 0.167 e. The Morgan fingerprint density at radius 3 is 2.33 bits per heavy atom. The molecule has 0 aliphatic heterocycles. The molecule has 0 radical (unpaired) electrons. The topological polar surface area (TPSA) is 14.1 Å². The summed E-state index contributed by atoms with van der Waals surface area (Å²) in [6.45, 7) is 2.05. The first-order valence-corrected chi connectivity index (χ1v) is 3.46. The monoisotopic (exact) mass is 140 g/mol. The van der Waals surface area contributed by atoms with Gasteiger partial charge in [0.2, 0.25) is 0 Å². The second-order valence-electron chi connectivity index (χ2n) is 2.01. The highest BCUT2D eigenvalue weighted by atomic mass is 32.1. The summed E-state index contributed by atoms with van der Waals surface area (Å²) in [5.74, 6) is 0. The third-order valence-corrected chi connectivity index (χ3v) is 1.52. The highest BCUT2D eigenvalue weighted by Crippen LogP contribution is 2.15. The number of H-pyrrole nitrogens is 1. The van der Waals surface area contributed by atoms with Crippen molar-refractivity contribution in [3.8, 4) is 0 Å². The van der Waals surface area contributed by atoms with Crippen LogP contribution in [-0.4, -0.2) is 0 Å². The number of aromatic amines is 1. The first-order valence-electron chi connectivity index (χ1n) is 2.95. The van der Waals surface area contributed by atoms with Gasteiger partial charge in [-0.2, -0.15) is 12.6 Å². The zero-order valence-electron chi connectivity index (χ0n) is 5.33. The summed E-state index contributed by atoms with van der Waals surface area (Å²) < 4.78 is 0. The Hall–Kier alpha value is -0.500. The Morgan fingerprint density at radius 1 is 1.44 bits per heavy atom. The fourth-order valence-electron chi connectivity index (χ4n) is 0.678. The lowest BCUT2D eigenvalue weighted by Crippen LogP contribution is -1.98. The van der Waals surface area contributed by atoms with Gasteiger partial charge in [-0.3, -0.25) is 0 Å². The molecule has 48 valence electrons. The van der Waals surface area contributed by atoms with Crippen molar-refractivity contribution in [3.63, 3.8) is 0 Å². The summed E-state index contributed by atoms with van der Waals surface area (Å²) in [4.78, 5) is 2.95. The minimum Gasteiger partial charge on any atom is -0.218 e. The lowest BCUT2D eigenvalue weighted by atomic mass is 10.2. The van der Waals surface area contributed by atoms with Crippen molar-refractivity contribution in [3.05, 3.63) is 30.1 Å². The van der Waals surface area contributed by atoms with Gasteiger partial charge in [-0.25, -0.2) is 4.98 Å². The molecular formula is C7H10NS+. The average molecular weight is 140 g/mol. The fourth-order valence-corrected chi connectivity index (χ4v) is 0.850. The molecule has 1 N–H and O–H groups in total. The number of pyridine rings is 1. The summed E-state index contributed by atoms with van der Waals surface area (Å²) in [5, 5.41) is 0.333. The molecule has 0 saturated heterocycles. The average Bonchev–Trinajstić information content (AvgIpc) is 1.90. The standard InChI is InChI=1S/C7H9NS/c1-6(9)7-2-4-8-5-3-7/h2-6,9H,1H3/p+1. The van der Waals surface area contributed by atoms with Crippen LogP contribution in [-0.2, 0) is 0 Å². The van der Waals surface area contributed by atoms with Crippen LogP contribution in [0.15, 0.2) is 24.5 Å². The van der Waals surface area contributed by atoms with E-state index in [-0.39, 0.29) is 0 Å². The molecule has 0 spiro atoms. The molecule has 0 fully saturated rings. The maximum absolute atomic E-state index is 4.27. The summed E-state index contributed by atoms with van der Waals surface area (Å²) in [6, 6.07) is 4.05. The first kappa shape index (κ1) is 6.62. The van der Waals surface area contributed by atoms with Crippen LogP contribution in [0.3, 0.4) is 0 Å². The van der Waals surface area contributed by atoms with Gasteiger partial charge in [0.15, 0.2) is 12.4 Å². The van der Waals surface area contributed by atoms with E-state index in [9.17, 15) is 0 Å². The van der Waals surface area contributed by atoms with E-state index < -0.39 is 0 Å². The SMILES string of the molecule is CC(S)c1cc[nH+]cc1. The van der Waals surface area contributed by atoms with E-state index in [0.29, 0.717) is 5.25 Å². The fraction of sp³-hybridized carbons (Fsp3) is 0.286. The molecule has 1 atom stereocenters. The van der Waals surface area contributed by atoms with E-state index in [1.165, 1.54) is 5.56 Å². The molecule has 0 aromatic carbocycles. The molecule has 0 aliphatic rings. The van der Waals surface area contributed by atoms with Crippen LogP contribution in [0.5, 0.6) is 0 Å². The molecular weight excluding hydrogens is 130 g/mol. The maximum atomic E-state index is 4.27. The van der Waals surface area contributed by atoms with Crippen LogP contribution < -0.4 is 4.98 Å². The van der Waals surface area contributed by atoms with Crippen molar-refractivity contribution in [2.45, 2.75) is 12.2 Å². The number of hydrogen-bond acceptors (Lipinski definition) is 1. The van der Waals surface area contributed by atoms with Crippen molar-refractivity contribution in [1.29, 1.82) is 0 Å². The van der Waals surface area contributed by atoms with Gasteiger partial charge in [-0.05, 0) is 12.5 Å². The van der Waals surface area contributed by atoms with E-state index in [4.69, 9.17) is 0 Å². The lowest BCUT2D eigenvalue weighted by Gasteiger charge is -1.98. The zero-order valence-corrected chi connectivity index (χ0v) is 6.23. The van der Waals surface area contributed by atoms with E-state index in [1.807, 2.05) is 24.5 Å². The van der Waals surface area contributed by atoms with E-state index in [2.05, 4.69) is 24.5 Å². The van der Waals surface area contributed by atoms with Crippen molar-refractivity contribution >= 4 is 12.6 Å². The van der Waals surface area contributed by atoms with Crippen LogP contribution >= 0.6 is 12.6 Å². The van der Waals surface area contributed by atoms with Crippen LogP contribution in [0, 0.1) is 0 Å². The predicted octanol–water partition coefficient (Wildman–Crippen LogP) is 1.49. The van der Waals surface area contributed by atoms with E-state index >= 15 is 0 Å². The Bertz CT molecular complexity index is 172. The molecule has 0 saturated carbocycles. The predicted molar refractivity (Wildman–Crippen MR) is 40.4 cm³/mol. The molecule has 1 rings (SSSR count). The Morgan fingerprint density at radius 2 is 2.00 bits per heavy atom. The molecule has 0 bridgehead atoms. The van der Waals surface area contributed by atoms with Gasteiger partial charge in [0.25, 0.3) is 0 Å². The Kier molecular flexibility index (Phi) is 2.11. The van der Waals surface area contributed by atoms with Gasteiger partial charge in [0.1, 0.15) is 0 Å². The van der Waals surface area contributed by atoms with E-state index in [0.717, 1.165) is 0 Å². The summed E-state index contributed by atoms with van der Waals surface area (Å²) in [5.41, 5.74) is 1.25. The highest BCUT2D eigenvalue weighted by Gasteiger charge is 1.97. The van der Waals surface area contributed by atoms with Crippen LogP contribution in [0.2, 0.25) is 0 Å². The van der Waals surface area contributed by atoms with Crippen LogP contribution in [0.4, 0.5) is 0 Å². The van der Waals surface area contributed by atoms with Crippen molar-refractivity contribution in [2.24, 2.45) is 0 Å². The van der Waals surface area contributed by atoms with Crippen LogP contribution in [0.25, 0.3) is 0 Å². The number of hydrogen-bond donors (Lipinski definition) is 1. The summed E-state index contributed by atoms with van der Waals surface area (Å²) in [7, 11) is 0. The molecule has 1 aromatic rings. The first-order chi connectivity index (χ1) is 4.30. The molecule has 9 heavy (non-hydrogen) atoms. The molecule has 0 aliphatic carbocycles. The third kappa shape index (κ3) is 1.72. The Balaban J connectivity index is 2.85. The van der Waals surface area contributed by atoms with Gasteiger partial charge in [-0.15, -0.1) is 0 Å². The van der Waals surface area contributed by atoms with Crippen molar-refractivity contribution < 1.29 is 4.98 Å². The van der Waals surface area contributed by atoms with Crippen molar-refractivity contribution in [2.75, 3.05) is 0 Å². The summed E-state index contributed by atoms with van der Waals surface area (Å²) in [6.07, 6.45) is 3.81. The largest absolute Gasteiger partial charge is 0.218 e. The normalized spacial score (nSPS) is 13.1. The molecule has 1 nitrogen and oxygen atoms in total. The zero-order chi connectivity index (χ0) is 6.69. The smallest absolute Gasteiger partial charge is 0.167 e.